The van der Waals surface area contributed by atoms with Crippen LogP contribution in [0.25, 0.3) is 11.3 Å². The second kappa shape index (κ2) is 6.29. The number of aromatic nitrogens is 1. The van der Waals surface area contributed by atoms with Crippen molar-refractivity contribution in [1.82, 2.24) is 9.47 Å². The fourth-order valence-electron chi connectivity index (χ4n) is 2.87. The highest BCUT2D eigenvalue weighted by atomic mass is 32.1. The van der Waals surface area contributed by atoms with Crippen LogP contribution in [0.2, 0.25) is 0 Å². The zero-order chi connectivity index (χ0) is 16.6. The minimum Gasteiger partial charge on any atom is -0.393 e. The molecule has 1 unspecified atom stereocenters. The Balaban J connectivity index is 1.81. The number of likely N-dealkylation sites (tertiary alicyclic amines) is 1. The molecule has 0 saturated carbocycles. The smallest absolute Gasteiger partial charge is 0.308 e. The molecule has 23 heavy (non-hydrogen) atoms. The summed E-state index contributed by atoms with van der Waals surface area (Å²) in [6, 6.07) is 9.66. The van der Waals surface area contributed by atoms with Gasteiger partial charge in [-0.15, -0.1) is 0 Å². The Bertz CT molecular complexity index is 758. The van der Waals surface area contributed by atoms with Crippen LogP contribution >= 0.6 is 11.3 Å². The van der Waals surface area contributed by atoms with E-state index in [-0.39, 0.29) is 23.2 Å². The predicted octanol–water partition coefficient (Wildman–Crippen LogP) is 1.72. The van der Waals surface area contributed by atoms with Crippen LogP contribution in [0.15, 0.2) is 35.1 Å². The van der Waals surface area contributed by atoms with Crippen molar-refractivity contribution in [3.05, 3.63) is 44.9 Å². The van der Waals surface area contributed by atoms with Crippen LogP contribution < -0.4 is 4.87 Å². The van der Waals surface area contributed by atoms with E-state index in [1.807, 2.05) is 37.3 Å². The van der Waals surface area contributed by atoms with Gasteiger partial charge < -0.3 is 10.0 Å². The van der Waals surface area contributed by atoms with Gasteiger partial charge in [0.05, 0.1) is 11.8 Å². The van der Waals surface area contributed by atoms with Crippen LogP contribution in [0.3, 0.4) is 0 Å². The first kappa shape index (κ1) is 16.0. The number of aryl methyl sites for hydroxylation is 1. The quantitative estimate of drug-likeness (QED) is 0.927. The van der Waals surface area contributed by atoms with Gasteiger partial charge in [0.15, 0.2) is 0 Å². The lowest BCUT2D eigenvalue weighted by Gasteiger charge is -2.40. The van der Waals surface area contributed by atoms with E-state index in [0.29, 0.717) is 13.1 Å². The second-order valence-electron chi connectivity index (χ2n) is 6.02. The molecule has 2 aromatic rings. The Labute approximate surface area is 138 Å². The van der Waals surface area contributed by atoms with E-state index in [1.54, 1.807) is 16.4 Å². The number of hydrogen-bond acceptors (Lipinski definition) is 4. The Morgan fingerprint density at radius 2 is 2.00 bits per heavy atom. The van der Waals surface area contributed by atoms with Crippen LogP contribution in [0.1, 0.15) is 11.8 Å². The molecule has 1 amide bonds. The van der Waals surface area contributed by atoms with E-state index in [1.165, 1.54) is 11.3 Å². The molecule has 0 spiro atoms. The molecule has 1 fully saturated rings. The summed E-state index contributed by atoms with van der Waals surface area (Å²) in [6.07, 6.45) is -0.398. The third kappa shape index (κ3) is 3.09. The summed E-state index contributed by atoms with van der Waals surface area (Å²) in [4.78, 5) is 27.1. The molecule has 5 nitrogen and oxygen atoms in total. The van der Waals surface area contributed by atoms with Gasteiger partial charge in [-0.1, -0.05) is 41.7 Å². The van der Waals surface area contributed by atoms with Crippen molar-refractivity contribution < 1.29 is 9.90 Å². The normalized spacial score (nSPS) is 16.2. The molecule has 1 N–H and O–H groups in total. The van der Waals surface area contributed by atoms with Gasteiger partial charge in [-0.3, -0.25) is 14.2 Å². The van der Waals surface area contributed by atoms with E-state index in [9.17, 15) is 14.7 Å². The topological polar surface area (TPSA) is 62.5 Å². The Morgan fingerprint density at radius 1 is 1.35 bits per heavy atom. The molecule has 1 aliphatic heterocycles. The Morgan fingerprint density at radius 3 is 2.61 bits per heavy atom. The first-order valence-corrected chi connectivity index (χ1v) is 8.50. The van der Waals surface area contributed by atoms with E-state index in [4.69, 9.17) is 0 Å². The summed E-state index contributed by atoms with van der Waals surface area (Å²) in [5.74, 6) is 0.0763. The van der Waals surface area contributed by atoms with E-state index >= 15 is 0 Å². The molecule has 1 saturated heterocycles. The molecule has 122 valence electrons. The van der Waals surface area contributed by atoms with Crippen molar-refractivity contribution in [1.29, 1.82) is 0 Å². The molecule has 3 rings (SSSR count). The number of carbonyl (C=O) groups is 1. The maximum absolute atomic E-state index is 12.4. The second-order valence-corrected chi connectivity index (χ2v) is 7.19. The van der Waals surface area contributed by atoms with Crippen LogP contribution in [0.4, 0.5) is 0 Å². The molecule has 6 heteroatoms. The van der Waals surface area contributed by atoms with Crippen molar-refractivity contribution in [3.63, 3.8) is 0 Å². The monoisotopic (exact) mass is 332 g/mol. The molecule has 0 radical (unpaired) electrons. The molecular formula is C17H20N2O3S. The third-order valence-electron chi connectivity index (χ3n) is 4.35. The largest absolute Gasteiger partial charge is 0.393 e. The zero-order valence-corrected chi connectivity index (χ0v) is 14.0. The van der Waals surface area contributed by atoms with Gasteiger partial charge in [0, 0.05) is 23.9 Å². The average Bonchev–Trinajstić information content (AvgIpc) is 2.72. The van der Waals surface area contributed by atoms with Gasteiger partial charge >= 0.3 is 4.87 Å². The molecule has 0 bridgehead atoms. The maximum Gasteiger partial charge on any atom is 0.308 e. The third-order valence-corrected chi connectivity index (χ3v) is 5.24. The van der Waals surface area contributed by atoms with Crippen LogP contribution in [0.5, 0.6) is 0 Å². The summed E-state index contributed by atoms with van der Waals surface area (Å²) in [5, 5.41) is 9.51. The Kier molecular flexibility index (Phi) is 4.37. The maximum atomic E-state index is 12.4. The summed E-state index contributed by atoms with van der Waals surface area (Å²) in [5.41, 5.74) is 1.77. The molecule has 1 aromatic heterocycles. The minimum atomic E-state index is -0.398. The van der Waals surface area contributed by atoms with Crippen molar-refractivity contribution in [2.45, 2.75) is 26.5 Å². The summed E-state index contributed by atoms with van der Waals surface area (Å²) in [7, 11) is 0. The van der Waals surface area contributed by atoms with Crippen LogP contribution in [0, 0.1) is 12.8 Å². The fourth-order valence-corrected chi connectivity index (χ4v) is 3.72. The average molecular weight is 332 g/mol. The number of thiazole rings is 1. The number of aliphatic hydroxyl groups is 1. The number of carbonyl (C=O) groups excluding carboxylic acids is 1. The van der Waals surface area contributed by atoms with E-state index in [2.05, 4.69) is 0 Å². The predicted molar refractivity (Wildman–Crippen MR) is 90.5 cm³/mol. The lowest BCUT2D eigenvalue weighted by atomic mass is 9.95. The van der Waals surface area contributed by atoms with Crippen molar-refractivity contribution in [3.8, 4) is 11.3 Å². The van der Waals surface area contributed by atoms with E-state index < -0.39 is 6.10 Å². The number of rotatable bonds is 4. The molecule has 1 aromatic carbocycles. The lowest BCUT2D eigenvalue weighted by molar-refractivity contribution is -0.140. The summed E-state index contributed by atoms with van der Waals surface area (Å²) >= 11 is 1.17. The number of hydrogen-bond donors (Lipinski definition) is 1. The minimum absolute atomic E-state index is 0.0555. The highest BCUT2D eigenvalue weighted by Crippen LogP contribution is 2.26. The number of benzene rings is 1. The summed E-state index contributed by atoms with van der Waals surface area (Å²) < 4.78 is 1.56. The SMILES string of the molecule is Cc1sc(=O)n(CC(=O)N2CC(C(C)O)C2)c1-c1ccccc1. The van der Waals surface area contributed by atoms with Crippen LogP contribution in [-0.2, 0) is 11.3 Å². The number of aliphatic hydroxyl groups excluding tert-OH is 1. The van der Waals surface area contributed by atoms with Crippen molar-refractivity contribution in [2.24, 2.45) is 5.92 Å². The van der Waals surface area contributed by atoms with Gasteiger partial charge in [0.25, 0.3) is 0 Å². The fraction of sp³-hybridized carbons (Fsp3) is 0.412. The van der Waals surface area contributed by atoms with Crippen LogP contribution in [-0.4, -0.2) is 39.7 Å². The zero-order valence-electron chi connectivity index (χ0n) is 13.2. The van der Waals surface area contributed by atoms with E-state index in [0.717, 1.165) is 16.1 Å². The van der Waals surface area contributed by atoms with Crippen molar-refractivity contribution in [2.75, 3.05) is 13.1 Å². The Hall–Kier alpha value is -1.92. The van der Waals surface area contributed by atoms with Gasteiger partial charge in [-0.25, -0.2) is 0 Å². The summed E-state index contributed by atoms with van der Waals surface area (Å²) in [6.45, 7) is 4.83. The molecule has 1 atom stereocenters. The number of amides is 1. The molecule has 2 heterocycles. The standard InChI is InChI=1S/C17H20N2O3S/c1-11(20)14-8-18(9-14)15(21)10-19-16(12(2)23-17(19)22)13-6-4-3-5-7-13/h3-7,11,14,20H,8-10H2,1-2H3. The first-order valence-electron chi connectivity index (χ1n) is 7.69. The van der Waals surface area contributed by atoms with Gasteiger partial charge in [-0.05, 0) is 19.4 Å². The molecule has 1 aliphatic rings. The highest BCUT2D eigenvalue weighted by molar-refractivity contribution is 7.09. The van der Waals surface area contributed by atoms with Crippen molar-refractivity contribution >= 4 is 17.2 Å². The van der Waals surface area contributed by atoms with Gasteiger partial charge in [0.2, 0.25) is 5.91 Å². The lowest BCUT2D eigenvalue weighted by Crippen LogP contribution is -2.54. The molecular weight excluding hydrogens is 312 g/mol. The molecule has 0 aliphatic carbocycles. The highest BCUT2D eigenvalue weighted by Gasteiger charge is 2.33. The van der Waals surface area contributed by atoms with Gasteiger partial charge in [-0.2, -0.15) is 0 Å². The number of nitrogens with zero attached hydrogens (tertiary/aromatic N) is 2. The first-order chi connectivity index (χ1) is 11.0. The van der Waals surface area contributed by atoms with Gasteiger partial charge in [0.1, 0.15) is 6.54 Å².